The van der Waals surface area contributed by atoms with Crippen LogP contribution in [0, 0.1) is 5.41 Å². The van der Waals surface area contributed by atoms with Crippen molar-refractivity contribution in [2.75, 3.05) is 52.6 Å². The molecule has 29 heavy (non-hydrogen) atoms. The summed E-state index contributed by atoms with van der Waals surface area (Å²) in [5, 5.41) is 14.3. The maximum absolute atomic E-state index is 12.6. The summed E-state index contributed by atoms with van der Waals surface area (Å²) < 4.78 is 12.6. The Balaban J connectivity index is 1.31. The number of hydrogen-bond donors (Lipinski definition) is 1. The number of ether oxygens (including phenoxy) is 2. The quantitative estimate of drug-likeness (QED) is 0.721. The first kappa shape index (κ1) is 19.9. The average molecular weight is 400 g/mol. The van der Waals surface area contributed by atoms with Crippen LogP contribution in [-0.2, 0) is 20.7 Å². The van der Waals surface area contributed by atoms with E-state index in [9.17, 15) is 4.79 Å². The largest absolute Gasteiger partial charge is 0.381 e. The SMILES string of the molecule is O=C(Cc1ccc(-n2cnnn2)cc1)NCC1(CN2CCOCC2)CCOCC1. The minimum absolute atomic E-state index is 0.0491. The topological polar surface area (TPSA) is 94.4 Å². The molecule has 1 amide bonds. The molecule has 2 aromatic rings. The van der Waals surface area contributed by atoms with Crippen LogP contribution in [0.25, 0.3) is 5.69 Å². The molecular weight excluding hydrogens is 372 g/mol. The smallest absolute Gasteiger partial charge is 0.224 e. The molecule has 0 saturated carbocycles. The van der Waals surface area contributed by atoms with Gasteiger partial charge in [0.15, 0.2) is 0 Å². The Bertz CT molecular complexity index is 768. The van der Waals surface area contributed by atoms with Crippen LogP contribution < -0.4 is 5.32 Å². The molecule has 0 bridgehead atoms. The van der Waals surface area contributed by atoms with Crippen molar-refractivity contribution >= 4 is 5.91 Å². The van der Waals surface area contributed by atoms with Crippen LogP contribution in [0.15, 0.2) is 30.6 Å². The van der Waals surface area contributed by atoms with Crippen LogP contribution in [0.4, 0.5) is 0 Å². The highest BCUT2D eigenvalue weighted by Gasteiger charge is 2.35. The van der Waals surface area contributed by atoms with E-state index in [1.807, 2.05) is 24.3 Å². The van der Waals surface area contributed by atoms with Crippen LogP contribution in [0.2, 0.25) is 0 Å². The highest BCUT2D eigenvalue weighted by Crippen LogP contribution is 2.31. The van der Waals surface area contributed by atoms with E-state index in [4.69, 9.17) is 9.47 Å². The van der Waals surface area contributed by atoms with E-state index in [2.05, 4.69) is 25.7 Å². The molecule has 9 heteroatoms. The second-order valence-electron chi connectivity index (χ2n) is 7.88. The molecule has 2 saturated heterocycles. The zero-order chi connectivity index (χ0) is 19.9. The fourth-order valence-electron chi connectivity index (χ4n) is 4.01. The number of amides is 1. The monoisotopic (exact) mass is 400 g/mol. The van der Waals surface area contributed by atoms with Crippen molar-refractivity contribution in [1.82, 2.24) is 30.4 Å². The van der Waals surface area contributed by atoms with Gasteiger partial charge in [0.25, 0.3) is 0 Å². The maximum atomic E-state index is 12.6. The molecule has 0 unspecified atom stereocenters. The molecule has 156 valence electrons. The van der Waals surface area contributed by atoms with E-state index in [0.29, 0.717) is 13.0 Å². The lowest BCUT2D eigenvalue weighted by atomic mass is 9.79. The average Bonchev–Trinajstić information content (AvgIpc) is 3.29. The van der Waals surface area contributed by atoms with Crippen molar-refractivity contribution in [2.45, 2.75) is 19.3 Å². The van der Waals surface area contributed by atoms with Crippen molar-refractivity contribution in [3.05, 3.63) is 36.2 Å². The van der Waals surface area contributed by atoms with Crippen molar-refractivity contribution < 1.29 is 14.3 Å². The van der Waals surface area contributed by atoms with Gasteiger partial charge in [0.05, 0.1) is 25.3 Å². The number of nitrogens with one attached hydrogen (secondary N) is 1. The number of carbonyl (C=O) groups is 1. The summed E-state index contributed by atoms with van der Waals surface area (Å²) >= 11 is 0. The molecule has 1 aromatic carbocycles. The predicted molar refractivity (Wildman–Crippen MR) is 106 cm³/mol. The van der Waals surface area contributed by atoms with E-state index in [-0.39, 0.29) is 11.3 Å². The number of morpholine rings is 1. The molecule has 1 N–H and O–H groups in total. The van der Waals surface area contributed by atoms with Gasteiger partial charge >= 0.3 is 0 Å². The summed E-state index contributed by atoms with van der Waals surface area (Å²) in [6.45, 7) is 6.71. The fraction of sp³-hybridized carbons (Fsp3) is 0.600. The molecule has 2 aliphatic heterocycles. The second-order valence-corrected chi connectivity index (χ2v) is 7.88. The van der Waals surface area contributed by atoms with Gasteiger partial charge in [-0.15, -0.1) is 5.10 Å². The number of nitrogens with zero attached hydrogens (tertiary/aromatic N) is 5. The van der Waals surface area contributed by atoms with Gasteiger partial charge in [0, 0.05) is 44.8 Å². The first-order valence-electron chi connectivity index (χ1n) is 10.2. The number of carbonyl (C=O) groups excluding carboxylic acids is 1. The number of tetrazole rings is 1. The zero-order valence-corrected chi connectivity index (χ0v) is 16.6. The standard InChI is InChI=1S/C20H28N6O3/c27-19(13-17-1-3-18(4-2-17)26-16-22-23-24-26)21-14-20(5-9-28-10-6-20)15-25-7-11-29-12-8-25/h1-4,16H,5-15H2,(H,21,27). The third-order valence-corrected chi connectivity index (χ3v) is 5.79. The van der Waals surface area contributed by atoms with Gasteiger partial charge in [-0.1, -0.05) is 12.1 Å². The lowest BCUT2D eigenvalue weighted by Gasteiger charge is -2.42. The van der Waals surface area contributed by atoms with Crippen molar-refractivity contribution in [1.29, 1.82) is 0 Å². The first-order valence-corrected chi connectivity index (χ1v) is 10.2. The molecule has 2 aliphatic rings. The Hall–Kier alpha value is -2.36. The molecule has 3 heterocycles. The molecule has 9 nitrogen and oxygen atoms in total. The Morgan fingerprint density at radius 3 is 2.48 bits per heavy atom. The maximum Gasteiger partial charge on any atom is 0.224 e. The summed E-state index contributed by atoms with van der Waals surface area (Å²) in [4.78, 5) is 15.0. The minimum Gasteiger partial charge on any atom is -0.381 e. The van der Waals surface area contributed by atoms with E-state index in [1.165, 1.54) is 0 Å². The Morgan fingerprint density at radius 2 is 1.79 bits per heavy atom. The molecule has 0 radical (unpaired) electrons. The Morgan fingerprint density at radius 1 is 1.07 bits per heavy atom. The summed E-state index contributed by atoms with van der Waals surface area (Å²) in [6.07, 6.45) is 3.86. The zero-order valence-electron chi connectivity index (χ0n) is 16.6. The Labute approximate surface area is 170 Å². The van der Waals surface area contributed by atoms with Crippen molar-refractivity contribution in [3.8, 4) is 5.69 Å². The van der Waals surface area contributed by atoms with Gasteiger partial charge in [-0.25, -0.2) is 4.68 Å². The van der Waals surface area contributed by atoms with E-state index in [1.54, 1.807) is 11.0 Å². The van der Waals surface area contributed by atoms with Crippen LogP contribution in [0.1, 0.15) is 18.4 Å². The van der Waals surface area contributed by atoms with Crippen LogP contribution in [-0.4, -0.2) is 83.6 Å². The normalized spacial score (nSPS) is 19.7. The minimum atomic E-state index is 0.0491. The second kappa shape index (κ2) is 9.43. The summed E-state index contributed by atoms with van der Waals surface area (Å²) in [5.41, 5.74) is 1.91. The van der Waals surface area contributed by atoms with Gasteiger partial charge in [-0.2, -0.15) is 0 Å². The van der Waals surface area contributed by atoms with Crippen LogP contribution >= 0.6 is 0 Å². The highest BCUT2D eigenvalue weighted by molar-refractivity contribution is 5.78. The van der Waals surface area contributed by atoms with Gasteiger partial charge in [0.2, 0.25) is 5.91 Å². The summed E-state index contributed by atoms with van der Waals surface area (Å²) in [7, 11) is 0. The number of aromatic nitrogens is 4. The van der Waals surface area contributed by atoms with E-state index >= 15 is 0 Å². The highest BCUT2D eigenvalue weighted by atomic mass is 16.5. The molecule has 0 aliphatic carbocycles. The van der Waals surface area contributed by atoms with Gasteiger partial charge < -0.3 is 14.8 Å². The lowest BCUT2D eigenvalue weighted by molar-refractivity contribution is -0.121. The van der Waals surface area contributed by atoms with Gasteiger partial charge in [-0.05, 0) is 41.0 Å². The molecule has 0 spiro atoms. The predicted octanol–water partition coefficient (Wildman–Crippen LogP) is 0.450. The first-order chi connectivity index (χ1) is 14.2. The number of hydrogen-bond acceptors (Lipinski definition) is 7. The van der Waals surface area contributed by atoms with Crippen LogP contribution in [0.5, 0.6) is 0 Å². The molecule has 1 aromatic heterocycles. The van der Waals surface area contributed by atoms with Crippen molar-refractivity contribution in [2.24, 2.45) is 5.41 Å². The molecular formula is C20H28N6O3. The molecule has 2 fully saturated rings. The van der Waals surface area contributed by atoms with E-state index in [0.717, 1.165) is 70.2 Å². The van der Waals surface area contributed by atoms with Gasteiger partial charge in [0.1, 0.15) is 6.33 Å². The molecule has 4 rings (SSSR count). The number of rotatable bonds is 7. The summed E-state index contributed by atoms with van der Waals surface area (Å²) in [6, 6.07) is 7.71. The number of benzene rings is 1. The third-order valence-electron chi connectivity index (χ3n) is 5.79. The Kier molecular flexibility index (Phi) is 6.48. The summed E-state index contributed by atoms with van der Waals surface area (Å²) in [5.74, 6) is 0.0491. The third kappa shape index (κ3) is 5.37. The fourth-order valence-corrected chi connectivity index (χ4v) is 4.01. The van der Waals surface area contributed by atoms with Crippen LogP contribution in [0.3, 0.4) is 0 Å². The van der Waals surface area contributed by atoms with E-state index < -0.39 is 0 Å². The lowest BCUT2D eigenvalue weighted by Crippen LogP contribution is -2.51. The molecule has 0 atom stereocenters. The van der Waals surface area contributed by atoms with Gasteiger partial charge in [-0.3, -0.25) is 9.69 Å². The van der Waals surface area contributed by atoms with Crippen molar-refractivity contribution in [3.63, 3.8) is 0 Å².